The van der Waals surface area contributed by atoms with Crippen LogP contribution in [-0.2, 0) is 6.42 Å². The molecule has 0 aliphatic carbocycles. The summed E-state index contributed by atoms with van der Waals surface area (Å²) in [7, 11) is 0. The maximum Gasteiger partial charge on any atom is 0.123 e. The molecule has 0 saturated heterocycles. The lowest BCUT2D eigenvalue weighted by Crippen LogP contribution is -2.02. The summed E-state index contributed by atoms with van der Waals surface area (Å²) in [4.78, 5) is 7.44. The Kier molecular flexibility index (Phi) is 5.42. The smallest absolute Gasteiger partial charge is 0.123 e. The fourth-order valence-corrected chi connectivity index (χ4v) is 3.19. The molecule has 0 saturated carbocycles. The van der Waals surface area contributed by atoms with Crippen molar-refractivity contribution in [1.29, 1.82) is 0 Å². The largest absolute Gasteiger partial charge is 0.351 e. The van der Waals surface area contributed by atoms with Crippen LogP contribution in [0, 0.1) is 12.7 Å². The van der Waals surface area contributed by atoms with Crippen LogP contribution in [0.4, 0.5) is 4.39 Å². The number of H-pyrrole nitrogens is 1. The molecule has 1 aromatic heterocycles. The van der Waals surface area contributed by atoms with Gasteiger partial charge in [-0.05, 0) is 49.4 Å². The van der Waals surface area contributed by atoms with Gasteiger partial charge in [0.2, 0.25) is 0 Å². The first-order valence-electron chi connectivity index (χ1n) is 8.52. The number of benzene rings is 2. The first-order chi connectivity index (χ1) is 11.7. The molecular weight excluding hydrogens is 299 g/mol. The molecule has 1 atom stereocenters. The molecule has 0 aliphatic heterocycles. The highest BCUT2D eigenvalue weighted by molar-refractivity contribution is 5.28. The Morgan fingerprint density at radius 3 is 2.62 bits per heavy atom. The Bertz CT molecular complexity index is 748. The van der Waals surface area contributed by atoms with Gasteiger partial charge in [-0.1, -0.05) is 48.4 Å². The first kappa shape index (κ1) is 16.4. The van der Waals surface area contributed by atoms with Crippen LogP contribution in [-0.4, -0.2) is 9.97 Å². The summed E-state index contributed by atoms with van der Waals surface area (Å²) >= 11 is 0. The molecule has 0 fully saturated rings. The van der Waals surface area contributed by atoms with Crippen molar-refractivity contribution in [3.63, 3.8) is 0 Å². The van der Waals surface area contributed by atoms with Gasteiger partial charge in [-0.3, -0.25) is 0 Å². The van der Waals surface area contributed by atoms with E-state index in [1.807, 2.05) is 18.3 Å². The molecule has 0 bridgehead atoms. The lowest BCUT2D eigenvalue weighted by atomic mass is 9.90. The first-order valence-corrected chi connectivity index (χ1v) is 8.52. The predicted octanol–water partition coefficient (Wildman–Crippen LogP) is 5.40. The van der Waals surface area contributed by atoms with E-state index < -0.39 is 0 Å². The summed E-state index contributed by atoms with van der Waals surface area (Å²) in [6, 6.07) is 15.5. The SMILES string of the molecule is Cc1cccc(CCCCC(c2ccc(F)cc2)c2c[nH]cn2)c1. The van der Waals surface area contributed by atoms with Gasteiger partial charge in [0, 0.05) is 12.1 Å². The topological polar surface area (TPSA) is 28.7 Å². The van der Waals surface area contributed by atoms with Crippen molar-refractivity contribution in [3.8, 4) is 0 Å². The minimum absolute atomic E-state index is 0.195. The van der Waals surface area contributed by atoms with Crippen LogP contribution in [0.3, 0.4) is 0 Å². The summed E-state index contributed by atoms with van der Waals surface area (Å²) in [5.41, 5.74) is 4.86. The third kappa shape index (κ3) is 4.31. The standard InChI is InChI=1S/C21H23FN2/c1-16-5-4-7-17(13-16)6-2-3-8-20(21-14-23-15-24-21)18-9-11-19(22)12-10-18/h4-5,7,9-15,20H,2-3,6,8H2,1H3,(H,23,24). The number of nitrogens with zero attached hydrogens (tertiary/aromatic N) is 1. The molecule has 3 heteroatoms. The van der Waals surface area contributed by atoms with E-state index in [0.717, 1.165) is 36.9 Å². The van der Waals surface area contributed by atoms with Crippen LogP contribution >= 0.6 is 0 Å². The number of aromatic amines is 1. The highest BCUT2D eigenvalue weighted by Crippen LogP contribution is 2.28. The summed E-state index contributed by atoms with van der Waals surface area (Å²) in [5.74, 6) is 0.0216. The number of nitrogens with one attached hydrogen (secondary N) is 1. The van der Waals surface area contributed by atoms with Crippen molar-refractivity contribution in [2.24, 2.45) is 0 Å². The van der Waals surface area contributed by atoms with Gasteiger partial charge in [0.1, 0.15) is 5.82 Å². The molecule has 0 amide bonds. The molecule has 124 valence electrons. The van der Waals surface area contributed by atoms with Crippen LogP contribution in [0.5, 0.6) is 0 Å². The quantitative estimate of drug-likeness (QED) is 0.579. The van der Waals surface area contributed by atoms with Gasteiger partial charge in [0.05, 0.1) is 12.0 Å². The Morgan fingerprint density at radius 1 is 1.08 bits per heavy atom. The summed E-state index contributed by atoms with van der Waals surface area (Å²) in [5, 5.41) is 0. The lowest BCUT2D eigenvalue weighted by Gasteiger charge is -2.15. The molecule has 0 radical (unpaired) electrons. The monoisotopic (exact) mass is 322 g/mol. The second-order valence-corrected chi connectivity index (χ2v) is 6.33. The van der Waals surface area contributed by atoms with Gasteiger partial charge < -0.3 is 4.98 Å². The van der Waals surface area contributed by atoms with E-state index in [-0.39, 0.29) is 11.7 Å². The second-order valence-electron chi connectivity index (χ2n) is 6.33. The second kappa shape index (κ2) is 7.91. The predicted molar refractivity (Wildman–Crippen MR) is 95.6 cm³/mol. The Balaban J connectivity index is 1.61. The minimum Gasteiger partial charge on any atom is -0.351 e. The number of aryl methyl sites for hydroxylation is 2. The van der Waals surface area contributed by atoms with E-state index in [1.165, 1.54) is 23.3 Å². The minimum atomic E-state index is -0.195. The van der Waals surface area contributed by atoms with Gasteiger partial charge in [0.25, 0.3) is 0 Å². The molecule has 3 aromatic rings. The third-order valence-electron chi connectivity index (χ3n) is 4.44. The van der Waals surface area contributed by atoms with Crippen molar-refractivity contribution in [2.45, 2.75) is 38.5 Å². The number of unbranched alkanes of at least 4 members (excludes halogenated alkanes) is 1. The van der Waals surface area contributed by atoms with Gasteiger partial charge in [-0.15, -0.1) is 0 Å². The van der Waals surface area contributed by atoms with Gasteiger partial charge in [0.15, 0.2) is 0 Å². The van der Waals surface area contributed by atoms with E-state index in [0.29, 0.717) is 0 Å². The van der Waals surface area contributed by atoms with E-state index in [9.17, 15) is 4.39 Å². The van der Waals surface area contributed by atoms with E-state index in [4.69, 9.17) is 0 Å². The van der Waals surface area contributed by atoms with E-state index >= 15 is 0 Å². The molecule has 2 aromatic carbocycles. The lowest BCUT2D eigenvalue weighted by molar-refractivity contribution is 0.609. The number of halogens is 1. The number of rotatable bonds is 7. The Hall–Kier alpha value is -2.42. The van der Waals surface area contributed by atoms with Crippen LogP contribution in [0.1, 0.15) is 47.6 Å². The average Bonchev–Trinajstić information content (AvgIpc) is 3.10. The Labute approximate surface area is 142 Å². The van der Waals surface area contributed by atoms with Crippen molar-refractivity contribution in [1.82, 2.24) is 9.97 Å². The molecule has 1 heterocycles. The highest BCUT2D eigenvalue weighted by Gasteiger charge is 2.16. The van der Waals surface area contributed by atoms with Crippen molar-refractivity contribution < 1.29 is 4.39 Å². The zero-order chi connectivity index (χ0) is 16.8. The third-order valence-corrected chi connectivity index (χ3v) is 4.44. The molecule has 1 unspecified atom stereocenters. The molecule has 3 rings (SSSR count). The zero-order valence-electron chi connectivity index (χ0n) is 14.0. The van der Waals surface area contributed by atoms with Crippen molar-refractivity contribution >= 4 is 0 Å². The number of imidazole rings is 1. The molecule has 0 aliphatic rings. The summed E-state index contributed by atoms with van der Waals surface area (Å²) in [6.07, 6.45) is 8.02. The summed E-state index contributed by atoms with van der Waals surface area (Å²) in [6.45, 7) is 2.13. The van der Waals surface area contributed by atoms with Gasteiger partial charge in [-0.25, -0.2) is 9.37 Å². The fourth-order valence-electron chi connectivity index (χ4n) is 3.19. The normalized spacial score (nSPS) is 12.2. The van der Waals surface area contributed by atoms with E-state index in [1.54, 1.807) is 6.33 Å². The summed E-state index contributed by atoms with van der Waals surface area (Å²) < 4.78 is 13.2. The zero-order valence-corrected chi connectivity index (χ0v) is 14.0. The number of hydrogen-bond acceptors (Lipinski definition) is 1. The maximum atomic E-state index is 13.2. The highest BCUT2D eigenvalue weighted by atomic mass is 19.1. The van der Waals surface area contributed by atoms with Crippen LogP contribution in [0.2, 0.25) is 0 Å². The number of hydrogen-bond donors (Lipinski definition) is 1. The molecule has 1 N–H and O–H groups in total. The fraction of sp³-hybridized carbons (Fsp3) is 0.286. The molecule has 24 heavy (non-hydrogen) atoms. The van der Waals surface area contributed by atoms with Crippen LogP contribution < -0.4 is 0 Å². The van der Waals surface area contributed by atoms with Gasteiger partial charge >= 0.3 is 0 Å². The van der Waals surface area contributed by atoms with E-state index in [2.05, 4.69) is 41.2 Å². The molecule has 0 spiro atoms. The molecular formula is C21H23FN2. The van der Waals surface area contributed by atoms with Crippen molar-refractivity contribution in [2.75, 3.05) is 0 Å². The molecule has 2 nitrogen and oxygen atoms in total. The Morgan fingerprint density at radius 2 is 1.92 bits per heavy atom. The maximum absolute atomic E-state index is 13.2. The van der Waals surface area contributed by atoms with Crippen LogP contribution in [0.15, 0.2) is 61.1 Å². The van der Waals surface area contributed by atoms with Crippen molar-refractivity contribution in [3.05, 3.63) is 89.3 Å². The van der Waals surface area contributed by atoms with Gasteiger partial charge in [-0.2, -0.15) is 0 Å². The number of aromatic nitrogens is 2. The average molecular weight is 322 g/mol. The van der Waals surface area contributed by atoms with Crippen LogP contribution in [0.25, 0.3) is 0 Å².